The molecular formula is C13H27N. The summed E-state index contributed by atoms with van der Waals surface area (Å²) in [5.74, 6) is 0.915. The van der Waals surface area contributed by atoms with Crippen LogP contribution >= 0.6 is 0 Å². The molecule has 1 rings (SSSR count). The third kappa shape index (κ3) is 2.13. The van der Waals surface area contributed by atoms with Crippen LogP contribution in [0.1, 0.15) is 54.4 Å². The predicted molar refractivity (Wildman–Crippen MR) is 63.5 cm³/mol. The quantitative estimate of drug-likeness (QED) is 0.666. The summed E-state index contributed by atoms with van der Waals surface area (Å²) in [6.45, 7) is 16.8. The van der Waals surface area contributed by atoms with E-state index in [9.17, 15) is 0 Å². The summed E-state index contributed by atoms with van der Waals surface area (Å²) >= 11 is 0. The van der Waals surface area contributed by atoms with E-state index in [0.29, 0.717) is 11.0 Å². The lowest BCUT2D eigenvalue weighted by Gasteiger charge is -2.54. The zero-order valence-corrected chi connectivity index (χ0v) is 10.9. The molecule has 1 saturated heterocycles. The van der Waals surface area contributed by atoms with Gasteiger partial charge in [-0.25, -0.2) is 0 Å². The molecule has 0 aromatic heterocycles. The topological polar surface area (TPSA) is 3.24 Å². The normalized spacial score (nSPS) is 21.0. The Kier molecular flexibility index (Phi) is 3.30. The molecule has 1 aliphatic heterocycles. The van der Waals surface area contributed by atoms with Crippen LogP contribution in [-0.2, 0) is 0 Å². The highest BCUT2D eigenvalue weighted by molar-refractivity contribution is 4.95. The molecule has 0 amide bonds. The maximum absolute atomic E-state index is 2.63. The second-order valence-electron chi connectivity index (χ2n) is 6.11. The molecule has 1 aliphatic rings. The van der Waals surface area contributed by atoms with E-state index >= 15 is 0 Å². The fraction of sp³-hybridized carbons (Fsp3) is 1.00. The van der Waals surface area contributed by atoms with Crippen molar-refractivity contribution < 1.29 is 0 Å². The molecule has 0 radical (unpaired) electrons. The summed E-state index contributed by atoms with van der Waals surface area (Å²) in [6, 6.07) is 0. The average Bonchev–Trinajstić information content (AvgIpc) is 2.00. The zero-order chi connectivity index (χ0) is 11.0. The van der Waals surface area contributed by atoms with Crippen molar-refractivity contribution in [2.45, 2.75) is 59.9 Å². The zero-order valence-electron chi connectivity index (χ0n) is 10.9. The lowest BCUT2D eigenvalue weighted by Crippen LogP contribution is -2.60. The molecule has 84 valence electrons. The van der Waals surface area contributed by atoms with Gasteiger partial charge >= 0.3 is 0 Å². The summed E-state index contributed by atoms with van der Waals surface area (Å²) in [6.07, 6.45) is 2.56. The van der Waals surface area contributed by atoms with Crippen LogP contribution in [0.25, 0.3) is 0 Å². The molecule has 0 unspecified atom stereocenters. The Balaban J connectivity index is 2.44. The largest absolute Gasteiger partial charge is 0.298 e. The van der Waals surface area contributed by atoms with E-state index in [1.165, 1.54) is 25.9 Å². The van der Waals surface area contributed by atoms with E-state index in [1.807, 2.05) is 0 Å². The molecule has 1 fully saturated rings. The van der Waals surface area contributed by atoms with Crippen LogP contribution < -0.4 is 0 Å². The summed E-state index contributed by atoms with van der Waals surface area (Å²) in [5.41, 5.74) is 0.959. The second kappa shape index (κ2) is 3.84. The van der Waals surface area contributed by atoms with Crippen molar-refractivity contribution in [1.29, 1.82) is 0 Å². The van der Waals surface area contributed by atoms with E-state index in [-0.39, 0.29) is 0 Å². The maximum atomic E-state index is 2.63. The molecular weight excluding hydrogens is 170 g/mol. The smallest absolute Gasteiger partial charge is 0.0150 e. The number of hydrogen-bond acceptors (Lipinski definition) is 1. The molecule has 1 heteroatoms. The van der Waals surface area contributed by atoms with Crippen LogP contribution in [0.2, 0.25) is 0 Å². The maximum Gasteiger partial charge on any atom is 0.0150 e. The first kappa shape index (κ1) is 12.0. The van der Waals surface area contributed by atoms with Gasteiger partial charge in [-0.05, 0) is 31.6 Å². The van der Waals surface area contributed by atoms with Gasteiger partial charge < -0.3 is 0 Å². The van der Waals surface area contributed by atoms with E-state index in [1.54, 1.807) is 0 Å². The molecule has 0 bridgehead atoms. The van der Waals surface area contributed by atoms with Gasteiger partial charge in [-0.3, -0.25) is 4.90 Å². The number of likely N-dealkylation sites (tertiary alicyclic amines) is 1. The van der Waals surface area contributed by atoms with Crippen LogP contribution in [0.15, 0.2) is 0 Å². The Hall–Kier alpha value is -0.0400. The number of hydrogen-bond donors (Lipinski definition) is 0. The van der Waals surface area contributed by atoms with Gasteiger partial charge in [0.05, 0.1) is 0 Å². The van der Waals surface area contributed by atoms with E-state index in [4.69, 9.17) is 0 Å². The Labute approximate surface area is 89.9 Å². The fourth-order valence-electron chi connectivity index (χ4n) is 1.98. The Morgan fingerprint density at radius 1 is 1.00 bits per heavy atom. The van der Waals surface area contributed by atoms with Crippen molar-refractivity contribution >= 4 is 0 Å². The summed E-state index contributed by atoms with van der Waals surface area (Å²) in [4.78, 5) is 2.63. The van der Waals surface area contributed by atoms with Crippen molar-refractivity contribution in [3.8, 4) is 0 Å². The highest BCUT2D eigenvalue weighted by atomic mass is 15.2. The standard InChI is InChI=1S/C13H27N/c1-7-12(3,4)11-9-14(10-11)13(5,6)8-2/h11H,7-10H2,1-6H3. The van der Waals surface area contributed by atoms with Gasteiger partial charge in [0.25, 0.3) is 0 Å². The third-order valence-electron chi connectivity index (χ3n) is 4.62. The van der Waals surface area contributed by atoms with Crippen molar-refractivity contribution in [3.63, 3.8) is 0 Å². The number of rotatable bonds is 4. The van der Waals surface area contributed by atoms with Crippen molar-refractivity contribution in [2.75, 3.05) is 13.1 Å². The van der Waals surface area contributed by atoms with Gasteiger partial charge in [-0.2, -0.15) is 0 Å². The third-order valence-corrected chi connectivity index (χ3v) is 4.62. The van der Waals surface area contributed by atoms with Crippen molar-refractivity contribution in [1.82, 2.24) is 4.90 Å². The van der Waals surface area contributed by atoms with Crippen LogP contribution in [-0.4, -0.2) is 23.5 Å². The monoisotopic (exact) mass is 197 g/mol. The van der Waals surface area contributed by atoms with Gasteiger partial charge in [0.2, 0.25) is 0 Å². The molecule has 1 nitrogen and oxygen atoms in total. The minimum atomic E-state index is 0.417. The van der Waals surface area contributed by atoms with E-state index in [0.717, 1.165) is 5.92 Å². The molecule has 0 saturated carbocycles. The Morgan fingerprint density at radius 2 is 1.50 bits per heavy atom. The summed E-state index contributed by atoms with van der Waals surface area (Å²) in [5, 5.41) is 0. The first-order valence-corrected chi connectivity index (χ1v) is 6.08. The minimum absolute atomic E-state index is 0.417. The first-order chi connectivity index (χ1) is 6.33. The van der Waals surface area contributed by atoms with Crippen LogP contribution in [0.5, 0.6) is 0 Å². The van der Waals surface area contributed by atoms with Gasteiger partial charge in [-0.1, -0.05) is 34.1 Å². The lowest BCUT2D eigenvalue weighted by molar-refractivity contribution is -0.0501. The summed E-state index contributed by atoms with van der Waals surface area (Å²) in [7, 11) is 0. The lowest BCUT2D eigenvalue weighted by atomic mass is 9.71. The van der Waals surface area contributed by atoms with Gasteiger partial charge in [0.1, 0.15) is 0 Å². The Morgan fingerprint density at radius 3 is 1.86 bits per heavy atom. The highest BCUT2D eigenvalue weighted by Gasteiger charge is 2.42. The molecule has 1 heterocycles. The highest BCUT2D eigenvalue weighted by Crippen LogP contribution is 2.40. The van der Waals surface area contributed by atoms with Crippen LogP contribution in [0.4, 0.5) is 0 Å². The fourth-order valence-corrected chi connectivity index (χ4v) is 1.98. The predicted octanol–water partition coefficient (Wildman–Crippen LogP) is 3.54. The number of nitrogens with zero attached hydrogens (tertiary/aromatic N) is 1. The molecule has 0 aromatic carbocycles. The molecule has 14 heavy (non-hydrogen) atoms. The second-order valence-corrected chi connectivity index (χ2v) is 6.11. The van der Waals surface area contributed by atoms with Gasteiger partial charge in [0.15, 0.2) is 0 Å². The Bertz CT molecular complexity index is 167. The van der Waals surface area contributed by atoms with Crippen molar-refractivity contribution in [2.24, 2.45) is 11.3 Å². The minimum Gasteiger partial charge on any atom is -0.298 e. The van der Waals surface area contributed by atoms with Gasteiger partial charge in [0, 0.05) is 18.6 Å². The summed E-state index contributed by atoms with van der Waals surface area (Å²) < 4.78 is 0. The van der Waals surface area contributed by atoms with E-state index in [2.05, 4.69) is 46.4 Å². The molecule has 0 spiro atoms. The molecule has 0 aromatic rings. The SMILES string of the molecule is CCC(C)(C)C1CN(C(C)(C)CC)C1. The van der Waals surface area contributed by atoms with E-state index < -0.39 is 0 Å². The first-order valence-electron chi connectivity index (χ1n) is 6.08. The molecule has 0 aliphatic carbocycles. The van der Waals surface area contributed by atoms with Crippen LogP contribution in [0, 0.1) is 11.3 Å². The van der Waals surface area contributed by atoms with Crippen molar-refractivity contribution in [3.05, 3.63) is 0 Å². The molecule has 0 N–H and O–H groups in total. The average molecular weight is 197 g/mol. The van der Waals surface area contributed by atoms with Gasteiger partial charge in [-0.15, -0.1) is 0 Å². The molecule has 0 atom stereocenters. The van der Waals surface area contributed by atoms with Crippen LogP contribution in [0.3, 0.4) is 0 Å².